The van der Waals surface area contributed by atoms with Crippen molar-refractivity contribution in [3.63, 3.8) is 0 Å². The first-order valence-electron chi connectivity index (χ1n) is 8.04. The molecule has 0 atom stereocenters. The minimum Gasteiger partial charge on any atom is -0.384 e. The van der Waals surface area contributed by atoms with E-state index in [-0.39, 0.29) is 0 Å². The van der Waals surface area contributed by atoms with Crippen LogP contribution in [0.3, 0.4) is 0 Å². The van der Waals surface area contributed by atoms with Crippen LogP contribution >= 0.6 is 15.9 Å². The minimum atomic E-state index is 0.648. The van der Waals surface area contributed by atoms with E-state index in [1.165, 1.54) is 48.0 Å². The van der Waals surface area contributed by atoms with Gasteiger partial charge in [0, 0.05) is 33.7 Å². The molecule has 112 valence electrons. The van der Waals surface area contributed by atoms with Gasteiger partial charge in [0.15, 0.2) is 0 Å². The van der Waals surface area contributed by atoms with Crippen LogP contribution in [0.1, 0.15) is 56.2 Å². The summed E-state index contributed by atoms with van der Waals surface area (Å²) in [6.45, 7) is 5.36. The van der Waals surface area contributed by atoms with E-state index >= 15 is 0 Å². The summed E-state index contributed by atoms with van der Waals surface area (Å²) in [6, 6.07) is 6.57. The van der Waals surface area contributed by atoms with E-state index in [2.05, 4.69) is 53.3 Å². The quantitative estimate of drug-likeness (QED) is 0.758. The fourth-order valence-corrected chi connectivity index (χ4v) is 3.82. The van der Waals surface area contributed by atoms with Crippen LogP contribution in [0.4, 0.5) is 5.69 Å². The number of halogens is 1. The Morgan fingerprint density at radius 1 is 1.29 bits per heavy atom. The molecule has 1 aliphatic carbocycles. The molecule has 1 heterocycles. The van der Waals surface area contributed by atoms with Gasteiger partial charge in [-0.05, 0) is 43.9 Å². The van der Waals surface area contributed by atoms with Gasteiger partial charge in [0.1, 0.15) is 0 Å². The summed E-state index contributed by atoms with van der Waals surface area (Å²) in [4.78, 5) is 5.02. The lowest BCUT2D eigenvalue weighted by Crippen LogP contribution is -2.05. The molecule has 0 saturated heterocycles. The van der Waals surface area contributed by atoms with Crippen LogP contribution in [0.15, 0.2) is 22.7 Å². The van der Waals surface area contributed by atoms with Crippen LogP contribution in [0.5, 0.6) is 0 Å². The van der Waals surface area contributed by atoms with Crippen molar-refractivity contribution >= 4 is 32.5 Å². The van der Waals surface area contributed by atoms with Gasteiger partial charge < -0.3 is 5.32 Å². The van der Waals surface area contributed by atoms with E-state index in [0.29, 0.717) is 5.92 Å². The van der Waals surface area contributed by atoms with Crippen molar-refractivity contribution in [1.82, 2.24) is 4.98 Å². The molecule has 1 fully saturated rings. The molecule has 3 heteroatoms. The Balaban J connectivity index is 2.16. The molecule has 3 rings (SSSR count). The van der Waals surface area contributed by atoms with Crippen LogP contribution < -0.4 is 5.32 Å². The van der Waals surface area contributed by atoms with Crippen LogP contribution in [-0.4, -0.2) is 11.5 Å². The molecule has 0 amide bonds. The molecule has 2 nitrogen and oxygen atoms in total. The second-order valence-electron chi connectivity index (χ2n) is 6.09. The summed E-state index contributed by atoms with van der Waals surface area (Å²) in [5.74, 6) is 0.648. The van der Waals surface area contributed by atoms with Gasteiger partial charge in [-0.1, -0.05) is 41.8 Å². The molecule has 0 radical (unpaired) electrons. The topological polar surface area (TPSA) is 24.9 Å². The Labute approximate surface area is 135 Å². The molecule has 0 bridgehead atoms. The normalized spacial score (nSPS) is 15.8. The Hall–Kier alpha value is -1.09. The van der Waals surface area contributed by atoms with Crippen molar-refractivity contribution in [1.29, 1.82) is 0 Å². The second kappa shape index (κ2) is 6.35. The number of nitrogens with zero attached hydrogens (tertiary/aromatic N) is 1. The maximum Gasteiger partial charge on any atom is 0.0766 e. The maximum absolute atomic E-state index is 5.02. The highest BCUT2D eigenvalue weighted by molar-refractivity contribution is 9.10. The molecule has 1 aliphatic rings. The molecular formula is C18H23BrN2. The van der Waals surface area contributed by atoms with Crippen molar-refractivity contribution in [3.05, 3.63) is 33.9 Å². The number of anilines is 1. The smallest absolute Gasteiger partial charge is 0.0766 e. The Bertz CT molecular complexity index is 645. The maximum atomic E-state index is 5.02. The van der Waals surface area contributed by atoms with Crippen molar-refractivity contribution in [2.24, 2.45) is 0 Å². The molecule has 1 N–H and O–H groups in total. The fraction of sp³-hybridized carbons (Fsp3) is 0.500. The van der Waals surface area contributed by atoms with E-state index in [0.717, 1.165) is 23.0 Å². The lowest BCUT2D eigenvalue weighted by atomic mass is 10.00. The fourth-order valence-electron chi connectivity index (χ4n) is 3.28. The third kappa shape index (κ3) is 2.94. The first-order valence-corrected chi connectivity index (χ1v) is 8.83. The van der Waals surface area contributed by atoms with E-state index in [9.17, 15) is 0 Å². The molecule has 21 heavy (non-hydrogen) atoms. The standard InChI is InChI=1S/C18H23BrN2/c1-3-10-20-16-11-15(13-6-4-5-7-13)21-18-12(2)8-9-14(19)17(16)18/h8-9,11,13H,3-7,10H2,1-2H3,(H,20,21). The van der Waals surface area contributed by atoms with Crippen molar-refractivity contribution in [2.75, 3.05) is 11.9 Å². The average molecular weight is 347 g/mol. The van der Waals surface area contributed by atoms with Gasteiger partial charge in [-0.15, -0.1) is 0 Å². The molecule has 0 spiro atoms. The van der Waals surface area contributed by atoms with Gasteiger partial charge in [-0.25, -0.2) is 0 Å². The summed E-state index contributed by atoms with van der Waals surface area (Å²) >= 11 is 3.70. The van der Waals surface area contributed by atoms with E-state index in [1.807, 2.05) is 0 Å². The molecule has 2 aromatic rings. The lowest BCUT2D eigenvalue weighted by Gasteiger charge is -2.17. The van der Waals surface area contributed by atoms with Crippen LogP contribution in [0.25, 0.3) is 10.9 Å². The summed E-state index contributed by atoms with van der Waals surface area (Å²) in [6.07, 6.45) is 6.41. The highest BCUT2D eigenvalue weighted by Crippen LogP contribution is 2.38. The zero-order valence-electron chi connectivity index (χ0n) is 12.9. The largest absolute Gasteiger partial charge is 0.384 e. The summed E-state index contributed by atoms with van der Waals surface area (Å²) in [7, 11) is 0. The third-order valence-electron chi connectivity index (χ3n) is 4.47. The molecule has 1 aromatic heterocycles. The number of rotatable bonds is 4. The Morgan fingerprint density at radius 3 is 2.76 bits per heavy atom. The first-order chi connectivity index (χ1) is 10.2. The van der Waals surface area contributed by atoms with Crippen LogP contribution in [0, 0.1) is 6.92 Å². The number of pyridine rings is 1. The van der Waals surface area contributed by atoms with E-state index in [4.69, 9.17) is 4.98 Å². The summed E-state index contributed by atoms with van der Waals surface area (Å²) in [5, 5.41) is 4.83. The molecule has 0 unspecified atom stereocenters. The number of hydrogen-bond donors (Lipinski definition) is 1. The van der Waals surface area contributed by atoms with Crippen molar-refractivity contribution < 1.29 is 0 Å². The zero-order chi connectivity index (χ0) is 14.8. The number of hydrogen-bond acceptors (Lipinski definition) is 2. The Morgan fingerprint density at radius 2 is 2.05 bits per heavy atom. The zero-order valence-corrected chi connectivity index (χ0v) is 14.5. The molecule has 1 saturated carbocycles. The van der Waals surface area contributed by atoms with E-state index in [1.54, 1.807) is 0 Å². The number of fused-ring (bicyclic) bond motifs is 1. The lowest BCUT2D eigenvalue weighted by molar-refractivity contribution is 0.701. The van der Waals surface area contributed by atoms with Gasteiger partial charge in [0.05, 0.1) is 5.52 Å². The van der Waals surface area contributed by atoms with Crippen molar-refractivity contribution in [3.8, 4) is 0 Å². The third-order valence-corrected chi connectivity index (χ3v) is 5.13. The summed E-state index contributed by atoms with van der Waals surface area (Å²) < 4.78 is 1.13. The molecule has 1 aromatic carbocycles. The number of aromatic nitrogens is 1. The van der Waals surface area contributed by atoms with Gasteiger partial charge in [0.2, 0.25) is 0 Å². The van der Waals surface area contributed by atoms with E-state index < -0.39 is 0 Å². The highest BCUT2D eigenvalue weighted by atomic mass is 79.9. The highest BCUT2D eigenvalue weighted by Gasteiger charge is 2.21. The minimum absolute atomic E-state index is 0.648. The number of benzene rings is 1. The first kappa shape index (κ1) is 14.8. The second-order valence-corrected chi connectivity index (χ2v) is 6.95. The predicted octanol–water partition coefficient (Wildman–Crippen LogP) is 5.79. The average Bonchev–Trinajstić information content (AvgIpc) is 3.02. The Kier molecular flexibility index (Phi) is 4.48. The van der Waals surface area contributed by atoms with Crippen molar-refractivity contribution in [2.45, 2.75) is 51.9 Å². The van der Waals surface area contributed by atoms with Gasteiger partial charge in [-0.3, -0.25) is 4.98 Å². The predicted molar refractivity (Wildman–Crippen MR) is 94.2 cm³/mol. The number of aryl methyl sites for hydroxylation is 1. The molecular weight excluding hydrogens is 324 g/mol. The van der Waals surface area contributed by atoms with Crippen LogP contribution in [-0.2, 0) is 0 Å². The van der Waals surface area contributed by atoms with Gasteiger partial charge >= 0.3 is 0 Å². The summed E-state index contributed by atoms with van der Waals surface area (Å²) in [5.41, 5.74) is 4.92. The SMILES string of the molecule is CCCNc1cc(C2CCCC2)nc2c(C)ccc(Br)c12. The van der Waals surface area contributed by atoms with Gasteiger partial charge in [0.25, 0.3) is 0 Å². The number of nitrogens with one attached hydrogen (secondary N) is 1. The molecule has 0 aliphatic heterocycles. The van der Waals surface area contributed by atoms with Gasteiger partial charge in [-0.2, -0.15) is 0 Å². The van der Waals surface area contributed by atoms with Crippen LogP contribution in [0.2, 0.25) is 0 Å². The monoisotopic (exact) mass is 346 g/mol.